The van der Waals surface area contributed by atoms with Crippen molar-refractivity contribution in [2.75, 3.05) is 5.73 Å². The van der Waals surface area contributed by atoms with E-state index in [9.17, 15) is 0 Å². The van der Waals surface area contributed by atoms with Crippen molar-refractivity contribution in [2.24, 2.45) is 0 Å². The first kappa shape index (κ1) is 18.7. The van der Waals surface area contributed by atoms with Crippen LogP contribution in [-0.4, -0.2) is 24.0 Å². The van der Waals surface area contributed by atoms with Gasteiger partial charge in [-0.05, 0) is 24.3 Å². The average Bonchev–Trinajstić information content (AvgIpc) is 2.97. The minimum atomic E-state index is -0.826. The predicted octanol–water partition coefficient (Wildman–Crippen LogP) is 5.90. The molecule has 3 rings (SSSR count). The van der Waals surface area contributed by atoms with E-state index in [-0.39, 0.29) is 0 Å². The summed E-state index contributed by atoms with van der Waals surface area (Å²) in [7, 11) is 9.87. The minimum absolute atomic E-state index is 0.521. The first-order chi connectivity index (χ1) is 11.1. The molecule has 0 saturated heterocycles. The molecule has 2 aromatic carbocycles. The summed E-state index contributed by atoms with van der Waals surface area (Å²) in [5.41, 5.74) is 8.63. The average molecular weight is 495 g/mol. The van der Waals surface area contributed by atoms with Gasteiger partial charge in [0.15, 0.2) is 5.76 Å². The van der Waals surface area contributed by atoms with Crippen molar-refractivity contribution in [3.63, 3.8) is 0 Å². The van der Waals surface area contributed by atoms with Crippen LogP contribution in [0.5, 0.6) is 0 Å². The maximum atomic E-state index is 6.15. The summed E-state index contributed by atoms with van der Waals surface area (Å²) in [5.74, 6) is 0.526. The molecule has 0 aliphatic carbocycles. The number of rotatable bonds is 2. The van der Waals surface area contributed by atoms with E-state index >= 15 is 0 Å². The van der Waals surface area contributed by atoms with Crippen molar-refractivity contribution >= 4 is 65.6 Å². The van der Waals surface area contributed by atoms with Gasteiger partial charge in [-0.1, -0.05) is 46.6 Å². The van der Waals surface area contributed by atoms with Gasteiger partial charge in [0, 0.05) is 17.3 Å². The Morgan fingerprint density at radius 3 is 2.17 bits per heavy atom. The van der Waals surface area contributed by atoms with Crippen LogP contribution in [-0.2, 0) is 0 Å². The standard InChI is InChI=1S/C15H10Cl2N2O.2ClH.Sn/c16-11-5-2-6-12(17)15(11)14-8-13(19-20-14)9-3-1-4-10(18)7-9;;;/h1-8H,18H2;2*1H;/q;;;+2/p-2. The van der Waals surface area contributed by atoms with Crippen LogP contribution in [0.2, 0.25) is 10.0 Å². The Bertz CT molecular complexity index is 774. The molecule has 0 saturated carbocycles. The molecule has 3 nitrogen and oxygen atoms in total. The molecule has 118 valence electrons. The topological polar surface area (TPSA) is 52.0 Å². The van der Waals surface area contributed by atoms with Gasteiger partial charge in [0.2, 0.25) is 0 Å². The van der Waals surface area contributed by atoms with Gasteiger partial charge in [-0.25, -0.2) is 0 Å². The van der Waals surface area contributed by atoms with Crippen molar-refractivity contribution < 1.29 is 4.52 Å². The molecule has 0 amide bonds. The van der Waals surface area contributed by atoms with Crippen molar-refractivity contribution in [1.29, 1.82) is 0 Å². The van der Waals surface area contributed by atoms with Crippen LogP contribution in [0.4, 0.5) is 5.69 Å². The second-order valence-electron chi connectivity index (χ2n) is 4.37. The Morgan fingerprint density at radius 1 is 0.957 bits per heavy atom. The van der Waals surface area contributed by atoms with Gasteiger partial charge in [-0.15, -0.1) is 0 Å². The van der Waals surface area contributed by atoms with Crippen LogP contribution in [0, 0.1) is 0 Å². The van der Waals surface area contributed by atoms with Crippen LogP contribution in [0.15, 0.2) is 53.1 Å². The Morgan fingerprint density at radius 2 is 1.57 bits per heavy atom. The second kappa shape index (κ2) is 9.04. The predicted molar refractivity (Wildman–Crippen MR) is 99.3 cm³/mol. The van der Waals surface area contributed by atoms with Crippen molar-refractivity contribution in [2.45, 2.75) is 0 Å². The van der Waals surface area contributed by atoms with Gasteiger partial charge in [0.1, 0.15) is 5.69 Å². The number of hydrogen-bond donors (Lipinski definition) is 1. The second-order valence-corrected chi connectivity index (χ2v) is 9.43. The van der Waals surface area contributed by atoms with Crippen LogP contribution < -0.4 is 5.73 Å². The number of nitrogens with zero attached hydrogens (tertiary/aromatic N) is 1. The fraction of sp³-hybridized carbons (Fsp3) is 0. The first-order valence-corrected chi connectivity index (χ1v) is 14.3. The molecule has 1 aromatic heterocycles. The summed E-state index contributed by atoms with van der Waals surface area (Å²) >= 11 is 11.5. The third-order valence-electron chi connectivity index (χ3n) is 2.90. The van der Waals surface area contributed by atoms with Gasteiger partial charge >= 0.3 is 36.7 Å². The fourth-order valence-electron chi connectivity index (χ4n) is 1.96. The molecule has 0 unspecified atom stereocenters. The zero-order valence-corrected chi connectivity index (χ0v) is 17.4. The summed E-state index contributed by atoms with van der Waals surface area (Å²) < 4.78 is 5.35. The number of aromatic nitrogens is 1. The zero-order valence-electron chi connectivity index (χ0n) is 11.6. The van der Waals surface area contributed by atoms with Crippen molar-refractivity contribution in [3.8, 4) is 22.6 Å². The van der Waals surface area contributed by atoms with Crippen molar-refractivity contribution in [3.05, 3.63) is 58.6 Å². The number of nitrogen functional groups attached to an aromatic ring is 1. The monoisotopic (exact) mass is 494 g/mol. The van der Waals surface area contributed by atoms with E-state index in [0.29, 0.717) is 32.8 Å². The molecule has 2 N–H and O–H groups in total. The molecule has 0 bridgehead atoms. The van der Waals surface area contributed by atoms with E-state index in [1.807, 2.05) is 24.3 Å². The molecule has 0 atom stereocenters. The van der Waals surface area contributed by atoms with Gasteiger partial charge in [-0.3, -0.25) is 0 Å². The molecule has 0 spiro atoms. The normalized spacial score (nSPS) is 10.1. The number of anilines is 1. The third-order valence-corrected chi connectivity index (χ3v) is 3.53. The van der Waals surface area contributed by atoms with E-state index < -0.39 is 18.9 Å². The van der Waals surface area contributed by atoms with Gasteiger partial charge in [0.05, 0.1) is 15.6 Å². The van der Waals surface area contributed by atoms with Crippen LogP contribution in [0.25, 0.3) is 22.6 Å². The summed E-state index contributed by atoms with van der Waals surface area (Å²) in [6.45, 7) is 0. The van der Waals surface area contributed by atoms with Crippen LogP contribution in [0.3, 0.4) is 0 Å². The number of benzene rings is 2. The SMILES string of the molecule is Nc1cccc(-c2cc(-c3c(Cl)cccc3Cl)on2)c1.[Cl][Sn][Cl]. The molecular weight excluding hydrogens is 485 g/mol. The summed E-state index contributed by atoms with van der Waals surface area (Å²) in [4.78, 5) is 0. The van der Waals surface area contributed by atoms with E-state index in [1.54, 1.807) is 24.3 Å². The van der Waals surface area contributed by atoms with Crippen LogP contribution in [0.1, 0.15) is 0 Å². The molecule has 8 heteroatoms. The Hall–Kier alpha value is -0.591. The number of hydrogen-bond acceptors (Lipinski definition) is 3. The van der Waals surface area contributed by atoms with Crippen LogP contribution >= 0.6 is 41.0 Å². The molecule has 2 radical (unpaired) electrons. The van der Waals surface area contributed by atoms with Gasteiger partial charge < -0.3 is 10.3 Å². The Balaban J connectivity index is 0.000000595. The Kier molecular flexibility index (Phi) is 7.37. The number of halogens is 4. The molecule has 0 aliphatic rings. The van der Waals surface area contributed by atoms with E-state index in [2.05, 4.69) is 5.16 Å². The van der Waals surface area contributed by atoms with E-state index in [4.69, 9.17) is 51.3 Å². The summed E-state index contributed by atoms with van der Waals surface area (Å²) in [5, 5.41) is 5.08. The third kappa shape index (κ3) is 4.94. The molecule has 1 heterocycles. The quantitative estimate of drug-likeness (QED) is 0.357. The van der Waals surface area contributed by atoms with Gasteiger partial charge in [0.25, 0.3) is 0 Å². The maximum absolute atomic E-state index is 6.15. The van der Waals surface area contributed by atoms with E-state index in [0.717, 1.165) is 5.56 Å². The summed E-state index contributed by atoms with van der Waals surface area (Å²) in [6.07, 6.45) is 0. The summed E-state index contributed by atoms with van der Waals surface area (Å²) in [6, 6.07) is 14.5. The zero-order chi connectivity index (χ0) is 16.8. The number of nitrogens with two attached hydrogens (primary N) is 1. The Labute approximate surface area is 161 Å². The van der Waals surface area contributed by atoms with Gasteiger partial charge in [-0.2, -0.15) is 0 Å². The van der Waals surface area contributed by atoms with E-state index in [1.165, 1.54) is 0 Å². The fourth-order valence-corrected chi connectivity index (χ4v) is 2.54. The molecule has 3 aromatic rings. The molecule has 23 heavy (non-hydrogen) atoms. The first-order valence-electron chi connectivity index (χ1n) is 6.30. The van der Waals surface area contributed by atoms with Crippen molar-refractivity contribution in [1.82, 2.24) is 5.16 Å². The molecule has 0 aliphatic heterocycles. The molecular formula is C15H10Cl4N2OSn. The molecule has 0 fully saturated rings.